The van der Waals surface area contributed by atoms with E-state index in [2.05, 4.69) is 5.32 Å². The molecule has 1 N–H and O–H groups in total. The molecule has 0 aliphatic carbocycles. The maximum absolute atomic E-state index is 11.6. The van der Waals surface area contributed by atoms with Crippen molar-refractivity contribution in [1.29, 1.82) is 0 Å². The summed E-state index contributed by atoms with van der Waals surface area (Å²) in [5.41, 5.74) is 0.835. The molecule has 1 aromatic carbocycles. The number of nitrogens with one attached hydrogen (secondary N) is 1. The monoisotopic (exact) mass is 239 g/mol. The Labute approximate surface area is 94.6 Å². The summed E-state index contributed by atoms with van der Waals surface area (Å²) in [5.74, 6) is -0.264. The molecule has 0 bridgehead atoms. The summed E-state index contributed by atoms with van der Waals surface area (Å²) < 4.78 is 23.2. The Bertz CT molecular complexity index is 481. The second-order valence-corrected chi connectivity index (χ2v) is 6.12. The molecule has 2 rings (SSSR count). The van der Waals surface area contributed by atoms with E-state index in [9.17, 15) is 13.2 Å². The van der Waals surface area contributed by atoms with E-state index in [0.29, 0.717) is 0 Å². The lowest BCUT2D eigenvalue weighted by Crippen LogP contribution is -2.29. The molecule has 5 heteroatoms. The van der Waals surface area contributed by atoms with Gasteiger partial charge in [0.05, 0.1) is 17.5 Å². The van der Waals surface area contributed by atoms with Crippen LogP contribution in [0.5, 0.6) is 0 Å². The molecule has 0 spiro atoms. The lowest BCUT2D eigenvalue weighted by Gasteiger charge is -2.15. The van der Waals surface area contributed by atoms with Crippen LogP contribution in [0.1, 0.15) is 18.0 Å². The van der Waals surface area contributed by atoms with Gasteiger partial charge in [0, 0.05) is 6.42 Å². The van der Waals surface area contributed by atoms with Gasteiger partial charge in [-0.1, -0.05) is 30.3 Å². The average molecular weight is 239 g/mol. The molecule has 0 saturated carbocycles. The zero-order valence-corrected chi connectivity index (χ0v) is 9.53. The minimum absolute atomic E-state index is 0.0112. The molecule has 1 amide bonds. The molecular weight excluding hydrogens is 226 g/mol. The van der Waals surface area contributed by atoms with E-state index in [1.165, 1.54) is 0 Å². The van der Waals surface area contributed by atoms with Gasteiger partial charge in [0.25, 0.3) is 0 Å². The second kappa shape index (κ2) is 4.25. The summed E-state index contributed by atoms with van der Waals surface area (Å²) in [6.45, 7) is 0. The first-order chi connectivity index (χ1) is 7.57. The number of carbonyl (C=O) groups excluding carboxylic acids is 1. The first-order valence-electron chi connectivity index (χ1n) is 5.11. The van der Waals surface area contributed by atoms with Crippen molar-refractivity contribution in [3.63, 3.8) is 0 Å². The smallest absolute Gasteiger partial charge is 0.221 e. The van der Waals surface area contributed by atoms with Gasteiger partial charge < -0.3 is 5.32 Å². The third kappa shape index (κ3) is 2.61. The normalized spacial score (nSPS) is 24.5. The zero-order valence-electron chi connectivity index (χ0n) is 8.72. The van der Waals surface area contributed by atoms with Gasteiger partial charge in [-0.05, 0) is 5.56 Å². The van der Waals surface area contributed by atoms with Crippen LogP contribution in [0.25, 0.3) is 0 Å². The Kier molecular flexibility index (Phi) is 2.96. The van der Waals surface area contributed by atoms with Crippen molar-refractivity contribution in [1.82, 2.24) is 5.32 Å². The van der Waals surface area contributed by atoms with Crippen molar-refractivity contribution in [2.45, 2.75) is 12.5 Å². The van der Waals surface area contributed by atoms with Gasteiger partial charge in [-0.2, -0.15) is 0 Å². The molecule has 4 nitrogen and oxygen atoms in total. The van der Waals surface area contributed by atoms with Crippen LogP contribution < -0.4 is 5.32 Å². The van der Waals surface area contributed by atoms with Gasteiger partial charge in [0.1, 0.15) is 0 Å². The molecule has 86 valence electrons. The average Bonchev–Trinajstić information content (AvgIpc) is 2.39. The summed E-state index contributed by atoms with van der Waals surface area (Å²) in [4.78, 5) is 11.4. The van der Waals surface area contributed by atoms with E-state index in [-0.39, 0.29) is 23.8 Å². The highest BCUT2D eigenvalue weighted by atomic mass is 32.2. The molecule has 1 heterocycles. The SMILES string of the molecule is O=C1CCS(=O)(=O)CC(c2ccccc2)N1. The van der Waals surface area contributed by atoms with Crippen molar-refractivity contribution in [2.24, 2.45) is 0 Å². The number of amides is 1. The van der Waals surface area contributed by atoms with E-state index < -0.39 is 15.9 Å². The van der Waals surface area contributed by atoms with Gasteiger partial charge in [-0.3, -0.25) is 4.79 Å². The molecule has 0 radical (unpaired) electrons. The number of sulfone groups is 1. The Hall–Kier alpha value is -1.36. The van der Waals surface area contributed by atoms with E-state index in [1.807, 2.05) is 30.3 Å². The van der Waals surface area contributed by atoms with E-state index in [4.69, 9.17) is 0 Å². The molecule has 16 heavy (non-hydrogen) atoms. The van der Waals surface area contributed by atoms with Gasteiger partial charge >= 0.3 is 0 Å². The minimum atomic E-state index is -3.13. The first-order valence-corrected chi connectivity index (χ1v) is 6.94. The maximum Gasteiger partial charge on any atom is 0.221 e. The Morgan fingerprint density at radius 1 is 1.19 bits per heavy atom. The maximum atomic E-state index is 11.6. The van der Waals surface area contributed by atoms with E-state index in [0.717, 1.165) is 5.56 Å². The van der Waals surface area contributed by atoms with Crippen molar-refractivity contribution in [3.05, 3.63) is 35.9 Å². The van der Waals surface area contributed by atoms with Crippen LogP contribution in [0.15, 0.2) is 30.3 Å². The summed E-state index contributed by atoms with van der Waals surface area (Å²) in [7, 11) is -3.13. The lowest BCUT2D eigenvalue weighted by molar-refractivity contribution is -0.121. The van der Waals surface area contributed by atoms with Crippen LogP contribution in [-0.2, 0) is 14.6 Å². The van der Waals surface area contributed by atoms with E-state index in [1.54, 1.807) is 0 Å². The van der Waals surface area contributed by atoms with Crippen LogP contribution in [-0.4, -0.2) is 25.8 Å². The van der Waals surface area contributed by atoms with Crippen LogP contribution >= 0.6 is 0 Å². The van der Waals surface area contributed by atoms with Crippen LogP contribution in [0.4, 0.5) is 0 Å². The van der Waals surface area contributed by atoms with Gasteiger partial charge in [0.2, 0.25) is 5.91 Å². The van der Waals surface area contributed by atoms with Gasteiger partial charge in [-0.15, -0.1) is 0 Å². The van der Waals surface area contributed by atoms with Crippen LogP contribution in [0.3, 0.4) is 0 Å². The third-order valence-corrected chi connectivity index (χ3v) is 4.27. The molecule has 1 fully saturated rings. The zero-order chi connectivity index (χ0) is 11.6. The molecule has 0 aromatic heterocycles. The molecule has 1 saturated heterocycles. The summed E-state index contributed by atoms with van der Waals surface area (Å²) in [5, 5.41) is 2.73. The number of hydrogen-bond acceptors (Lipinski definition) is 3. The molecule has 1 aliphatic heterocycles. The van der Waals surface area contributed by atoms with Crippen molar-refractivity contribution in [2.75, 3.05) is 11.5 Å². The fourth-order valence-electron chi connectivity index (χ4n) is 1.76. The van der Waals surface area contributed by atoms with Crippen molar-refractivity contribution >= 4 is 15.7 Å². The highest BCUT2D eigenvalue weighted by molar-refractivity contribution is 7.91. The molecule has 1 unspecified atom stereocenters. The summed E-state index contributed by atoms with van der Waals surface area (Å²) in [6.07, 6.45) is 0.0612. The molecular formula is C11H13NO3S. The minimum Gasteiger partial charge on any atom is -0.348 e. The van der Waals surface area contributed by atoms with E-state index >= 15 is 0 Å². The summed E-state index contributed by atoms with van der Waals surface area (Å²) in [6, 6.07) is 8.76. The Morgan fingerprint density at radius 2 is 1.88 bits per heavy atom. The highest BCUT2D eigenvalue weighted by Gasteiger charge is 2.26. The fourth-order valence-corrected chi connectivity index (χ4v) is 3.21. The van der Waals surface area contributed by atoms with Crippen molar-refractivity contribution < 1.29 is 13.2 Å². The number of benzene rings is 1. The predicted molar refractivity (Wildman–Crippen MR) is 60.6 cm³/mol. The Balaban J connectivity index is 2.30. The van der Waals surface area contributed by atoms with Crippen molar-refractivity contribution in [3.8, 4) is 0 Å². The molecule has 1 aliphatic rings. The number of carbonyl (C=O) groups is 1. The first kappa shape index (κ1) is 11.1. The van der Waals surface area contributed by atoms with Gasteiger partial charge in [0.15, 0.2) is 9.84 Å². The molecule has 1 aromatic rings. The largest absolute Gasteiger partial charge is 0.348 e. The Morgan fingerprint density at radius 3 is 2.56 bits per heavy atom. The second-order valence-electron chi connectivity index (χ2n) is 3.90. The summed E-state index contributed by atoms with van der Waals surface area (Å²) >= 11 is 0. The van der Waals surface area contributed by atoms with Crippen LogP contribution in [0.2, 0.25) is 0 Å². The standard InChI is InChI=1S/C11H13NO3S/c13-11-6-7-16(14,15)8-10(12-11)9-4-2-1-3-5-9/h1-5,10H,6-8H2,(H,12,13). The fraction of sp³-hybridized carbons (Fsp3) is 0.364. The highest BCUT2D eigenvalue weighted by Crippen LogP contribution is 2.18. The number of rotatable bonds is 1. The predicted octanol–water partition coefficient (Wildman–Crippen LogP) is 0.662. The van der Waals surface area contributed by atoms with Gasteiger partial charge in [-0.25, -0.2) is 8.42 Å². The quantitative estimate of drug-likeness (QED) is 0.783. The topological polar surface area (TPSA) is 63.2 Å². The third-order valence-electron chi connectivity index (χ3n) is 2.60. The number of hydrogen-bond donors (Lipinski definition) is 1. The lowest BCUT2D eigenvalue weighted by atomic mass is 10.1. The van der Waals surface area contributed by atoms with Crippen LogP contribution in [0, 0.1) is 0 Å². The molecule has 1 atom stereocenters.